The van der Waals surface area contributed by atoms with Crippen LogP contribution < -0.4 is 10.6 Å². The maximum atomic E-state index is 13.8. The van der Waals surface area contributed by atoms with Gasteiger partial charge in [-0.15, -0.1) is 0 Å². The molecule has 1 saturated carbocycles. The van der Waals surface area contributed by atoms with E-state index in [0.29, 0.717) is 24.2 Å². The van der Waals surface area contributed by atoms with Crippen molar-refractivity contribution >= 4 is 28.5 Å². The highest BCUT2D eigenvalue weighted by atomic mass is 19.1. The van der Waals surface area contributed by atoms with Gasteiger partial charge in [-0.25, -0.2) is 9.37 Å². The van der Waals surface area contributed by atoms with Crippen LogP contribution in [0.2, 0.25) is 0 Å². The lowest BCUT2D eigenvalue weighted by atomic mass is 10.1. The fraction of sp³-hybridized carbons (Fsp3) is 0.250. The summed E-state index contributed by atoms with van der Waals surface area (Å²) in [4.78, 5) is 12.0. The van der Waals surface area contributed by atoms with E-state index in [2.05, 4.69) is 35.8 Å². The van der Waals surface area contributed by atoms with Crippen LogP contribution in [-0.4, -0.2) is 25.1 Å². The fourth-order valence-electron chi connectivity index (χ4n) is 3.37. The first-order valence-electron chi connectivity index (χ1n) is 9.31. The first-order valence-corrected chi connectivity index (χ1v) is 9.31. The van der Waals surface area contributed by atoms with E-state index in [1.165, 1.54) is 25.0 Å². The van der Waals surface area contributed by atoms with Gasteiger partial charge in [-0.1, -0.05) is 0 Å². The number of rotatable bonds is 6. The summed E-state index contributed by atoms with van der Waals surface area (Å²) in [5, 5.41) is 14.8. The third-order valence-electron chi connectivity index (χ3n) is 4.88. The van der Waals surface area contributed by atoms with E-state index in [-0.39, 0.29) is 5.82 Å². The number of hydrogen-bond donors (Lipinski definition) is 4. The van der Waals surface area contributed by atoms with Gasteiger partial charge in [0.05, 0.1) is 0 Å². The Balaban J connectivity index is 1.34. The molecule has 0 saturated heterocycles. The normalized spacial score (nSPS) is 13.8. The quantitative estimate of drug-likeness (QED) is 0.400. The van der Waals surface area contributed by atoms with Gasteiger partial charge < -0.3 is 15.6 Å². The molecule has 0 aliphatic heterocycles. The van der Waals surface area contributed by atoms with Crippen molar-refractivity contribution in [3.8, 4) is 0 Å². The molecule has 7 nitrogen and oxygen atoms in total. The molecule has 0 atom stereocenters. The zero-order valence-corrected chi connectivity index (χ0v) is 15.4. The van der Waals surface area contributed by atoms with Crippen LogP contribution in [0.3, 0.4) is 0 Å². The Hall–Kier alpha value is -3.42. The topological polar surface area (TPSA) is 94.3 Å². The third-order valence-corrected chi connectivity index (χ3v) is 4.88. The largest absolute Gasteiger partial charge is 0.361 e. The molecule has 1 aliphatic carbocycles. The molecular weight excluding hydrogens is 357 g/mol. The lowest BCUT2D eigenvalue weighted by Gasteiger charge is -2.10. The fourth-order valence-corrected chi connectivity index (χ4v) is 3.37. The van der Waals surface area contributed by atoms with Crippen molar-refractivity contribution < 1.29 is 4.39 Å². The Labute approximate surface area is 160 Å². The van der Waals surface area contributed by atoms with Crippen LogP contribution in [0, 0.1) is 12.7 Å². The van der Waals surface area contributed by atoms with Gasteiger partial charge in [-0.2, -0.15) is 10.1 Å². The van der Waals surface area contributed by atoms with Crippen molar-refractivity contribution in [2.75, 3.05) is 10.6 Å². The molecule has 4 aromatic rings. The number of aromatic amines is 2. The van der Waals surface area contributed by atoms with Crippen LogP contribution in [0.4, 0.5) is 22.0 Å². The standard InChI is InChI=1S/C20H20FN7/c1-11-6-18(25-19-9-16(27-28-19)12-2-3-12)26-20(24-11)23-10-13-7-14(21)8-17-15(13)4-5-22-17/h4-9,12,22H,2-3,10H2,1H3,(H3,23,24,25,26,27,28). The number of benzene rings is 1. The molecule has 1 fully saturated rings. The summed E-state index contributed by atoms with van der Waals surface area (Å²) >= 11 is 0. The zero-order chi connectivity index (χ0) is 19.1. The van der Waals surface area contributed by atoms with E-state index in [0.717, 1.165) is 33.7 Å². The molecule has 1 aromatic carbocycles. The van der Waals surface area contributed by atoms with Crippen LogP contribution >= 0.6 is 0 Å². The van der Waals surface area contributed by atoms with E-state index in [1.54, 1.807) is 6.20 Å². The molecule has 1 aliphatic rings. The second-order valence-corrected chi connectivity index (χ2v) is 7.18. The summed E-state index contributed by atoms with van der Waals surface area (Å²) in [7, 11) is 0. The summed E-state index contributed by atoms with van der Waals surface area (Å²) in [6, 6.07) is 8.84. The maximum absolute atomic E-state index is 13.8. The highest BCUT2D eigenvalue weighted by Crippen LogP contribution is 2.39. The molecule has 28 heavy (non-hydrogen) atoms. The Morgan fingerprint density at radius 1 is 1.14 bits per heavy atom. The SMILES string of the molecule is Cc1cc(Nc2cc(C3CC3)[nH]n2)nc(NCc2cc(F)cc3[nH]ccc23)n1. The van der Waals surface area contributed by atoms with E-state index >= 15 is 0 Å². The molecule has 0 radical (unpaired) electrons. The Bertz CT molecular complexity index is 1140. The molecule has 0 bridgehead atoms. The number of aromatic nitrogens is 5. The lowest BCUT2D eigenvalue weighted by molar-refractivity contribution is 0.627. The Morgan fingerprint density at radius 2 is 2.04 bits per heavy atom. The number of halogens is 1. The highest BCUT2D eigenvalue weighted by Gasteiger charge is 2.25. The summed E-state index contributed by atoms with van der Waals surface area (Å²) in [5.74, 6) is 2.22. The molecular formula is C20H20FN7. The summed E-state index contributed by atoms with van der Waals surface area (Å²) < 4.78 is 13.8. The first kappa shape index (κ1) is 16.7. The van der Waals surface area contributed by atoms with Gasteiger partial charge >= 0.3 is 0 Å². The van der Waals surface area contributed by atoms with E-state index in [9.17, 15) is 4.39 Å². The zero-order valence-electron chi connectivity index (χ0n) is 15.4. The smallest absolute Gasteiger partial charge is 0.225 e. The molecule has 5 rings (SSSR count). The van der Waals surface area contributed by atoms with Crippen molar-refractivity contribution in [1.82, 2.24) is 25.1 Å². The second-order valence-electron chi connectivity index (χ2n) is 7.18. The van der Waals surface area contributed by atoms with Gasteiger partial charge in [0, 0.05) is 53.1 Å². The van der Waals surface area contributed by atoms with Crippen LogP contribution in [0.15, 0.2) is 36.5 Å². The van der Waals surface area contributed by atoms with E-state index < -0.39 is 0 Å². The van der Waals surface area contributed by atoms with E-state index in [1.807, 2.05) is 25.1 Å². The molecule has 3 aromatic heterocycles. The molecule has 4 N–H and O–H groups in total. The number of fused-ring (bicyclic) bond motifs is 1. The van der Waals surface area contributed by atoms with Crippen molar-refractivity contribution in [3.05, 3.63) is 59.3 Å². The van der Waals surface area contributed by atoms with Crippen LogP contribution in [0.5, 0.6) is 0 Å². The van der Waals surface area contributed by atoms with Gasteiger partial charge in [0.1, 0.15) is 11.6 Å². The van der Waals surface area contributed by atoms with Crippen LogP contribution in [-0.2, 0) is 6.54 Å². The third kappa shape index (κ3) is 3.40. The number of H-pyrrole nitrogens is 2. The number of nitrogens with one attached hydrogen (secondary N) is 4. The second kappa shape index (κ2) is 6.63. The van der Waals surface area contributed by atoms with Crippen LogP contribution in [0.1, 0.15) is 35.7 Å². The highest BCUT2D eigenvalue weighted by molar-refractivity contribution is 5.83. The van der Waals surface area contributed by atoms with Crippen molar-refractivity contribution in [2.45, 2.75) is 32.2 Å². The lowest BCUT2D eigenvalue weighted by Crippen LogP contribution is -2.07. The summed E-state index contributed by atoms with van der Waals surface area (Å²) in [6.45, 7) is 2.33. The molecule has 0 spiro atoms. The van der Waals surface area contributed by atoms with Crippen molar-refractivity contribution in [3.63, 3.8) is 0 Å². The summed E-state index contributed by atoms with van der Waals surface area (Å²) in [6.07, 6.45) is 4.24. The van der Waals surface area contributed by atoms with Crippen molar-refractivity contribution in [1.29, 1.82) is 0 Å². The molecule has 8 heteroatoms. The van der Waals surface area contributed by atoms with E-state index in [4.69, 9.17) is 0 Å². The number of nitrogens with zero attached hydrogens (tertiary/aromatic N) is 3. The first-order chi connectivity index (χ1) is 13.6. The predicted octanol–water partition coefficient (Wildman–Crippen LogP) is 4.36. The summed E-state index contributed by atoms with van der Waals surface area (Å²) in [5.41, 5.74) is 3.60. The minimum Gasteiger partial charge on any atom is -0.361 e. The van der Waals surface area contributed by atoms with Gasteiger partial charge in [0.25, 0.3) is 0 Å². The Kier molecular flexibility index (Phi) is 3.96. The molecule has 3 heterocycles. The average Bonchev–Trinajstić information content (AvgIpc) is 3.22. The van der Waals surface area contributed by atoms with Gasteiger partial charge in [-0.05, 0) is 43.5 Å². The number of anilines is 3. The number of hydrogen-bond acceptors (Lipinski definition) is 5. The van der Waals surface area contributed by atoms with Gasteiger partial charge in [-0.3, -0.25) is 5.10 Å². The number of aryl methyl sites for hydroxylation is 1. The molecule has 0 unspecified atom stereocenters. The van der Waals surface area contributed by atoms with Gasteiger partial charge in [0.15, 0.2) is 5.82 Å². The maximum Gasteiger partial charge on any atom is 0.225 e. The Morgan fingerprint density at radius 3 is 2.89 bits per heavy atom. The minimum atomic E-state index is -0.274. The van der Waals surface area contributed by atoms with Crippen molar-refractivity contribution in [2.24, 2.45) is 0 Å². The predicted molar refractivity (Wildman–Crippen MR) is 106 cm³/mol. The molecule has 142 valence electrons. The average molecular weight is 377 g/mol. The minimum absolute atomic E-state index is 0.274. The van der Waals surface area contributed by atoms with Crippen LogP contribution in [0.25, 0.3) is 10.9 Å². The molecule has 0 amide bonds. The van der Waals surface area contributed by atoms with Gasteiger partial charge in [0.2, 0.25) is 5.95 Å². The monoisotopic (exact) mass is 377 g/mol.